The van der Waals surface area contributed by atoms with Crippen LogP contribution in [0.3, 0.4) is 0 Å². The molecule has 9 unspecified atom stereocenters. The number of nitrogens with two attached hydrogens (primary N) is 1. The molecule has 2 bridgehead atoms. The maximum absolute atomic E-state index is 11.6. The second kappa shape index (κ2) is 5.10. The van der Waals surface area contributed by atoms with Crippen LogP contribution in [-0.4, -0.2) is 37.4 Å². The zero-order valence-corrected chi connectivity index (χ0v) is 15.8. The first-order valence-electron chi connectivity index (χ1n) is 10.1. The fraction of sp³-hybridized carbons (Fsp3) is 0.667. The molecule has 5 aliphatic rings. The van der Waals surface area contributed by atoms with Crippen LogP contribution < -0.4 is 20.5 Å². The quantitative estimate of drug-likeness (QED) is 0.545. The second-order valence-electron chi connectivity index (χ2n) is 9.22. The van der Waals surface area contributed by atoms with Gasteiger partial charge in [-0.1, -0.05) is 0 Å². The normalized spacial score (nSPS) is 47.4. The summed E-state index contributed by atoms with van der Waals surface area (Å²) < 4.78 is 10.7. The number of anilines is 1. The highest BCUT2D eigenvalue weighted by molar-refractivity contribution is 5.94. The average molecular weight is 369 g/mol. The van der Waals surface area contributed by atoms with Gasteiger partial charge < -0.3 is 25.6 Å². The van der Waals surface area contributed by atoms with Gasteiger partial charge in [0.15, 0.2) is 5.96 Å². The number of hydrogen-bond acceptors (Lipinski definition) is 4. The first kappa shape index (κ1) is 16.0. The van der Waals surface area contributed by atoms with Crippen molar-refractivity contribution < 1.29 is 14.6 Å². The van der Waals surface area contributed by atoms with Gasteiger partial charge in [-0.3, -0.25) is 4.99 Å². The molecule has 0 aromatic heterocycles. The molecule has 0 heterocycles. The minimum absolute atomic E-state index is 0.313. The van der Waals surface area contributed by atoms with Crippen molar-refractivity contribution in [2.75, 3.05) is 26.1 Å². The van der Waals surface area contributed by atoms with Gasteiger partial charge >= 0.3 is 0 Å². The monoisotopic (exact) mass is 369 g/mol. The van der Waals surface area contributed by atoms with E-state index in [4.69, 9.17) is 15.2 Å². The Bertz CT molecular complexity index is 836. The molecule has 5 saturated carbocycles. The van der Waals surface area contributed by atoms with Crippen molar-refractivity contribution in [2.24, 2.45) is 58.1 Å². The summed E-state index contributed by atoms with van der Waals surface area (Å²) in [5.74, 6) is 7.47. The molecule has 27 heavy (non-hydrogen) atoms. The molecule has 0 radical (unpaired) electrons. The number of guanidine groups is 1. The highest BCUT2D eigenvalue weighted by Crippen LogP contribution is 2.85. The number of nitrogens with one attached hydrogen (secondary N) is 1. The molecule has 6 heteroatoms. The number of aliphatic hydroxyl groups is 1. The highest BCUT2D eigenvalue weighted by atomic mass is 16.5. The van der Waals surface area contributed by atoms with E-state index >= 15 is 0 Å². The van der Waals surface area contributed by atoms with Crippen molar-refractivity contribution >= 4 is 11.6 Å². The lowest BCUT2D eigenvalue weighted by Gasteiger charge is -2.51. The van der Waals surface area contributed by atoms with Crippen LogP contribution in [0.4, 0.5) is 5.69 Å². The van der Waals surface area contributed by atoms with Crippen LogP contribution in [0.2, 0.25) is 0 Å². The van der Waals surface area contributed by atoms with Gasteiger partial charge in [0.2, 0.25) is 0 Å². The van der Waals surface area contributed by atoms with Gasteiger partial charge in [-0.25, -0.2) is 0 Å². The topological polar surface area (TPSA) is 89.1 Å². The third-order valence-electron chi connectivity index (χ3n) is 8.69. The predicted octanol–water partition coefficient (Wildman–Crippen LogP) is 1.94. The van der Waals surface area contributed by atoms with E-state index in [0.717, 1.165) is 41.3 Å². The Balaban J connectivity index is 1.23. The molecular weight excluding hydrogens is 342 g/mol. The zero-order valence-electron chi connectivity index (χ0n) is 15.8. The molecule has 9 atom stereocenters. The fourth-order valence-electron chi connectivity index (χ4n) is 8.24. The third-order valence-corrected chi connectivity index (χ3v) is 8.69. The molecule has 0 aliphatic heterocycles. The summed E-state index contributed by atoms with van der Waals surface area (Å²) >= 11 is 0. The number of hydrogen-bond donors (Lipinski definition) is 3. The van der Waals surface area contributed by atoms with Gasteiger partial charge in [0.1, 0.15) is 11.5 Å². The Morgan fingerprint density at radius 3 is 2.70 bits per heavy atom. The predicted molar refractivity (Wildman–Crippen MR) is 102 cm³/mol. The van der Waals surface area contributed by atoms with Gasteiger partial charge in [-0.2, -0.15) is 0 Å². The SMILES string of the molecule is COc1ccc(OC)c(NC(N)=NCC2(O)C3C4CC5C6C4CC3C6C52)c1. The Morgan fingerprint density at radius 1 is 1.15 bits per heavy atom. The number of rotatable bonds is 5. The molecule has 6 rings (SSSR count). The van der Waals surface area contributed by atoms with Crippen LogP contribution in [0.5, 0.6) is 11.5 Å². The van der Waals surface area contributed by atoms with Crippen molar-refractivity contribution in [1.82, 2.24) is 0 Å². The lowest BCUT2D eigenvalue weighted by Crippen LogP contribution is -2.56. The third kappa shape index (κ3) is 1.78. The molecular formula is C21H27N3O3. The molecule has 1 aromatic rings. The molecule has 4 N–H and O–H groups in total. The van der Waals surface area contributed by atoms with Crippen LogP contribution in [-0.2, 0) is 0 Å². The summed E-state index contributed by atoms with van der Waals surface area (Å²) in [5, 5.41) is 14.7. The number of nitrogens with zero attached hydrogens (tertiary/aromatic N) is 1. The smallest absolute Gasteiger partial charge is 0.193 e. The first-order valence-corrected chi connectivity index (χ1v) is 10.1. The number of ether oxygens (including phenoxy) is 2. The van der Waals surface area contributed by atoms with Gasteiger partial charge in [0, 0.05) is 6.07 Å². The van der Waals surface area contributed by atoms with Crippen molar-refractivity contribution in [3.8, 4) is 11.5 Å². The van der Waals surface area contributed by atoms with Crippen LogP contribution in [0.15, 0.2) is 23.2 Å². The summed E-state index contributed by atoms with van der Waals surface area (Å²) in [6, 6.07) is 5.50. The minimum Gasteiger partial charge on any atom is -0.497 e. The molecule has 144 valence electrons. The van der Waals surface area contributed by atoms with E-state index in [2.05, 4.69) is 10.3 Å². The Morgan fingerprint density at radius 2 is 1.93 bits per heavy atom. The number of benzene rings is 1. The van der Waals surface area contributed by atoms with Crippen molar-refractivity contribution in [3.63, 3.8) is 0 Å². The standard InChI is InChI=1S/C21H27N3O3/c1-26-9-3-4-15(27-2)14(5-9)24-20(22)23-8-21(25)18-11-7-12-16-10(11)6-13(18)17(16)19(12)21/h3-5,10-13,16-19,25H,6-8H2,1-2H3,(H3,22,23,24). The van der Waals surface area contributed by atoms with E-state index in [1.54, 1.807) is 14.2 Å². The van der Waals surface area contributed by atoms with Crippen molar-refractivity contribution in [3.05, 3.63) is 18.2 Å². The summed E-state index contributed by atoms with van der Waals surface area (Å²) in [4.78, 5) is 4.58. The summed E-state index contributed by atoms with van der Waals surface area (Å²) in [5.41, 5.74) is 6.24. The van der Waals surface area contributed by atoms with Gasteiger partial charge in [-0.05, 0) is 72.3 Å². The number of aliphatic imine (C=N–C) groups is 1. The largest absolute Gasteiger partial charge is 0.497 e. The molecule has 6 nitrogen and oxygen atoms in total. The van der Waals surface area contributed by atoms with Crippen molar-refractivity contribution in [2.45, 2.75) is 18.4 Å². The van der Waals surface area contributed by atoms with Gasteiger partial charge in [0.25, 0.3) is 0 Å². The highest BCUT2D eigenvalue weighted by Gasteiger charge is 2.84. The Hall–Kier alpha value is -1.95. The van der Waals surface area contributed by atoms with Gasteiger partial charge in [-0.15, -0.1) is 0 Å². The lowest BCUT2D eigenvalue weighted by atomic mass is 9.56. The maximum atomic E-state index is 11.6. The van der Waals surface area contributed by atoms with E-state index in [-0.39, 0.29) is 0 Å². The van der Waals surface area contributed by atoms with E-state index in [1.165, 1.54) is 12.8 Å². The van der Waals surface area contributed by atoms with E-state index < -0.39 is 5.60 Å². The van der Waals surface area contributed by atoms with Crippen LogP contribution in [0.25, 0.3) is 0 Å². The van der Waals surface area contributed by atoms with Crippen molar-refractivity contribution in [1.29, 1.82) is 0 Å². The van der Waals surface area contributed by atoms with E-state index in [0.29, 0.717) is 35.8 Å². The molecule has 0 spiro atoms. The van der Waals surface area contributed by atoms with E-state index in [9.17, 15) is 5.11 Å². The maximum Gasteiger partial charge on any atom is 0.193 e. The molecule has 5 aliphatic carbocycles. The molecule has 1 aromatic carbocycles. The molecule has 5 fully saturated rings. The number of methoxy groups -OCH3 is 2. The summed E-state index contributed by atoms with van der Waals surface area (Å²) in [6.07, 6.45) is 2.72. The summed E-state index contributed by atoms with van der Waals surface area (Å²) in [6.45, 7) is 0.410. The van der Waals surface area contributed by atoms with E-state index in [1.807, 2.05) is 18.2 Å². The lowest BCUT2D eigenvalue weighted by molar-refractivity contribution is -0.123. The number of fused-ring (bicyclic) bond motifs is 2. The minimum atomic E-state index is -0.643. The van der Waals surface area contributed by atoms with Crippen LogP contribution in [0, 0.1) is 47.3 Å². The van der Waals surface area contributed by atoms with Gasteiger partial charge in [0.05, 0.1) is 32.1 Å². The summed E-state index contributed by atoms with van der Waals surface area (Å²) in [7, 11) is 3.24. The Labute approximate surface area is 159 Å². The molecule has 0 saturated heterocycles. The zero-order chi connectivity index (χ0) is 18.5. The van der Waals surface area contributed by atoms with Crippen LogP contribution >= 0.6 is 0 Å². The first-order chi connectivity index (χ1) is 13.1. The second-order valence-corrected chi connectivity index (χ2v) is 9.22. The van der Waals surface area contributed by atoms with Crippen LogP contribution in [0.1, 0.15) is 12.8 Å². The average Bonchev–Trinajstić information content (AvgIpc) is 3.19. The Kier molecular flexibility index (Phi) is 3.03. The fourth-order valence-corrected chi connectivity index (χ4v) is 8.24. The molecule has 0 amide bonds.